The summed E-state index contributed by atoms with van der Waals surface area (Å²) in [5.74, 6) is -2.83. The van der Waals surface area contributed by atoms with Crippen LogP contribution < -0.4 is 15.6 Å². The minimum atomic E-state index is -4.07. The predicted molar refractivity (Wildman–Crippen MR) is 135 cm³/mol. The van der Waals surface area contributed by atoms with Crippen molar-refractivity contribution in [1.82, 2.24) is 15.3 Å². The van der Waals surface area contributed by atoms with Crippen molar-refractivity contribution in [2.24, 2.45) is 0 Å². The van der Waals surface area contributed by atoms with Crippen molar-refractivity contribution in [2.75, 3.05) is 4.72 Å². The fourth-order valence-electron chi connectivity index (χ4n) is 4.20. The zero-order valence-corrected chi connectivity index (χ0v) is 21.0. The van der Waals surface area contributed by atoms with Gasteiger partial charge >= 0.3 is 11.9 Å². The van der Waals surface area contributed by atoms with Crippen molar-refractivity contribution < 1.29 is 33.0 Å². The second-order valence-electron chi connectivity index (χ2n) is 8.77. The Kier molecular flexibility index (Phi) is 7.30. The van der Waals surface area contributed by atoms with Crippen LogP contribution in [0, 0.1) is 6.92 Å². The lowest BCUT2D eigenvalue weighted by molar-refractivity contribution is -0.140. The highest BCUT2D eigenvalue weighted by atomic mass is 32.2. The standard InChI is InChI=1S/C25H24N4O8S/c1-13-26-19-9-5-14-4-8-17(12-18(14)22(19)24(33)27-13)38(36,37)29-16-6-2-15(3-7-16)23(32)28-20(25(34)35)10-11-21(30)31/h2-4,6-8,12,20,29H,5,9-11H2,1H3,(H,28,32)(H,30,31)(H,34,35)(H,26,27,33). The summed E-state index contributed by atoms with van der Waals surface area (Å²) in [7, 11) is -4.07. The van der Waals surface area contributed by atoms with Gasteiger partial charge < -0.3 is 20.5 Å². The molecule has 38 heavy (non-hydrogen) atoms. The number of aromatic nitrogens is 2. The number of carbonyl (C=O) groups is 3. The molecular formula is C25H24N4O8S. The number of aliphatic carboxylic acids is 2. The van der Waals surface area contributed by atoms with E-state index in [-0.39, 0.29) is 28.1 Å². The summed E-state index contributed by atoms with van der Waals surface area (Å²) in [6.45, 7) is 1.68. The molecule has 1 heterocycles. The average molecular weight is 541 g/mol. The number of sulfonamides is 1. The molecule has 4 rings (SSSR count). The van der Waals surface area contributed by atoms with E-state index in [9.17, 15) is 32.7 Å². The number of carbonyl (C=O) groups excluding carboxylic acids is 1. The van der Waals surface area contributed by atoms with E-state index in [1.165, 1.54) is 36.4 Å². The number of carboxylic acids is 2. The van der Waals surface area contributed by atoms with E-state index in [0.717, 1.165) is 5.56 Å². The number of carboxylic acid groups (broad SMARTS) is 2. The zero-order chi connectivity index (χ0) is 27.6. The van der Waals surface area contributed by atoms with Gasteiger partial charge in [0.05, 0.1) is 16.2 Å². The highest BCUT2D eigenvalue weighted by Gasteiger charge is 2.25. The molecule has 0 saturated heterocycles. The molecule has 1 unspecified atom stereocenters. The van der Waals surface area contributed by atoms with Gasteiger partial charge in [-0.25, -0.2) is 18.2 Å². The second kappa shape index (κ2) is 10.5. The first-order valence-corrected chi connectivity index (χ1v) is 13.0. The molecule has 0 fully saturated rings. The molecule has 0 spiro atoms. The van der Waals surface area contributed by atoms with Gasteiger partial charge in [0.25, 0.3) is 21.5 Å². The van der Waals surface area contributed by atoms with Gasteiger partial charge in [0, 0.05) is 17.7 Å². The molecule has 0 radical (unpaired) electrons. The SMILES string of the molecule is Cc1nc2c(c(=O)[nH]1)-c1cc(S(=O)(=O)Nc3ccc(C(=O)NC(CCC(=O)O)C(=O)O)cc3)ccc1CC2. The highest BCUT2D eigenvalue weighted by molar-refractivity contribution is 7.92. The lowest BCUT2D eigenvalue weighted by Gasteiger charge is -2.19. The molecular weight excluding hydrogens is 516 g/mol. The summed E-state index contributed by atoms with van der Waals surface area (Å²) in [6.07, 6.45) is 0.469. The topological polar surface area (TPSA) is 196 Å². The molecule has 1 amide bonds. The summed E-state index contributed by atoms with van der Waals surface area (Å²) in [6, 6.07) is 8.45. The molecule has 0 saturated carbocycles. The van der Waals surface area contributed by atoms with Crippen molar-refractivity contribution in [3.05, 3.63) is 75.5 Å². The smallest absolute Gasteiger partial charge is 0.326 e. The monoisotopic (exact) mass is 540 g/mol. The van der Waals surface area contributed by atoms with Crippen LogP contribution in [0.5, 0.6) is 0 Å². The Labute approximate surface area is 216 Å². The molecule has 1 aromatic heterocycles. The second-order valence-corrected chi connectivity index (χ2v) is 10.5. The lowest BCUT2D eigenvalue weighted by atomic mass is 9.89. The van der Waals surface area contributed by atoms with E-state index < -0.39 is 40.3 Å². The van der Waals surface area contributed by atoms with Crippen LogP contribution in [0.2, 0.25) is 0 Å². The minimum Gasteiger partial charge on any atom is -0.481 e. The lowest BCUT2D eigenvalue weighted by Crippen LogP contribution is -2.41. The number of aromatic amines is 1. The van der Waals surface area contributed by atoms with Gasteiger partial charge in [-0.2, -0.15) is 0 Å². The normalized spacial score (nSPS) is 13.1. The fourth-order valence-corrected chi connectivity index (χ4v) is 5.28. The molecule has 1 atom stereocenters. The Hall–Kier alpha value is -4.52. The molecule has 2 aromatic carbocycles. The Morgan fingerprint density at radius 3 is 2.45 bits per heavy atom. The molecule has 12 nitrogen and oxygen atoms in total. The van der Waals surface area contributed by atoms with Gasteiger partial charge in [-0.15, -0.1) is 0 Å². The van der Waals surface area contributed by atoms with Crippen LogP contribution >= 0.6 is 0 Å². The van der Waals surface area contributed by atoms with Gasteiger partial charge in [-0.3, -0.25) is 19.1 Å². The zero-order valence-electron chi connectivity index (χ0n) is 20.1. The number of amides is 1. The quantitative estimate of drug-likeness (QED) is 0.268. The number of rotatable bonds is 9. The molecule has 0 aliphatic heterocycles. The summed E-state index contributed by atoms with van der Waals surface area (Å²) < 4.78 is 28.6. The van der Waals surface area contributed by atoms with Crippen LogP contribution in [0.4, 0.5) is 5.69 Å². The highest BCUT2D eigenvalue weighted by Crippen LogP contribution is 2.32. The van der Waals surface area contributed by atoms with Crippen LogP contribution in [-0.4, -0.2) is 52.5 Å². The molecule has 13 heteroatoms. The Morgan fingerprint density at radius 1 is 1.08 bits per heavy atom. The number of fused-ring (bicyclic) bond motifs is 3. The Morgan fingerprint density at radius 2 is 1.79 bits per heavy atom. The molecule has 198 valence electrons. The third-order valence-electron chi connectivity index (χ3n) is 6.05. The third kappa shape index (κ3) is 5.72. The number of nitrogens with one attached hydrogen (secondary N) is 3. The maximum Gasteiger partial charge on any atom is 0.326 e. The van der Waals surface area contributed by atoms with E-state index in [2.05, 4.69) is 20.0 Å². The molecule has 3 aromatic rings. The van der Waals surface area contributed by atoms with Crippen LogP contribution in [0.25, 0.3) is 11.1 Å². The van der Waals surface area contributed by atoms with Gasteiger partial charge in [-0.05, 0) is 73.7 Å². The van der Waals surface area contributed by atoms with E-state index in [1.807, 2.05) is 0 Å². The maximum absolute atomic E-state index is 13.1. The molecule has 1 aliphatic carbocycles. The number of hydrogen-bond acceptors (Lipinski definition) is 7. The van der Waals surface area contributed by atoms with Gasteiger partial charge in [-0.1, -0.05) is 6.07 Å². The Bertz CT molecular complexity index is 1600. The van der Waals surface area contributed by atoms with Crippen LogP contribution in [0.1, 0.15) is 40.3 Å². The van der Waals surface area contributed by atoms with Crippen LogP contribution in [-0.2, 0) is 32.5 Å². The van der Waals surface area contributed by atoms with Crippen molar-refractivity contribution in [1.29, 1.82) is 0 Å². The van der Waals surface area contributed by atoms with E-state index in [0.29, 0.717) is 35.5 Å². The van der Waals surface area contributed by atoms with Crippen molar-refractivity contribution in [3.63, 3.8) is 0 Å². The summed E-state index contributed by atoms with van der Waals surface area (Å²) in [5, 5.41) is 20.2. The van der Waals surface area contributed by atoms with Crippen molar-refractivity contribution >= 4 is 33.6 Å². The van der Waals surface area contributed by atoms with E-state index in [4.69, 9.17) is 5.11 Å². The number of hydrogen-bond donors (Lipinski definition) is 5. The predicted octanol–water partition coefficient (Wildman–Crippen LogP) is 1.69. The number of H-pyrrole nitrogens is 1. The number of aryl methyl sites for hydroxylation is 3. The van der Waals surface area contributed by atoms with Gasteiger partial charge in [0.15, 0.2) is 0 Å². The summed E-state index contributed by atoms with van der Waals surface area (Å²) >= 11 is 0. The first-order valence-electron chi connectivity index (χ1n) is 11.6. The van der Waals surface area contributed by atoms with Crippen molar-refractivity contribution in [3.8, 4) is 11.1 Å². The third-order valence-corrected chi connectivity index (χ3v) is 7.43. The maximum atomic E-state index is 13.1. The average Bonchev–Trinajstić information content (AvgIpc) is 2.85. The molecule has 1 aliphatic rings. The minimum absolute atomic E-state index is 0.0573. The van der Waals surface area contributed by atoms with Crippen molar-refractivity contribution in [2.45, 2.75) is 43.5 Å². The molecule has 0 bridgehead atoms. The van der Waals surface area contributed by atoms with E-state index in [1.54, 1.807) is 13.0 Å². The Balaban J connectivity index is 1.52. The summed E-state index contributed by atoms with van der Waals surface area (Å²) in [4.78, 5) is 54.0. The van der Waals surface area contributed by atoms with Gasteiger partial charge in [0.1, 0.15) is 11.9 Å². The number of nitrogens with zero attached hydrogens (tertiary/aromatic N) is 1. The van der Waals surface area contributed by atoms with E-state index >= 15 is 0 Å². The number of benzene rings is 2. The number of anilines is 1. The first kappa shape index (κ1) is 26.5. The first-order chi connectivity index (χ1) is 17.9. The van der Waals surface area contributed by atoms with Crippen LogP contribution in [0.3, 0.4) is 0 Å². The largest absolute Gasteiger partial charge is 0.481 e. The fraction of sp³-hybridized carbons (Fsp3) is 0.240. The van der Waals surface area contributed by atoms with Gasteiger partial charge in [0.2, 0.25) is 0 Å². The van der Waals surface area contributed by atoms with Crippen LogP contribution in [0.15, 0.2) is 52.2 Å². The molecule has 5 N–H and O–H groups in total. The summed E-state index contributed by atoms with van der Waals surface area (Å²) in [5.41, 5.74) is 2.18.